The highest BCUT2D eigenvalue weighted by atomic mass is 32.1. The highest BCUT2D eigenvalue weighted by Gasteiger charge is 2.34. The van der Waals surface area contributed by atoms with E-state index >= 15 is 0 Å². The Morgan fingerprint density at radius 2 is 2.11 bits per heavy atom. The van der Waals surface area contributed by atoms with Gasteiger partial charge in [-0.2, -0.15) is 0 Å². The molecule has 2 aliphatic heterocycles. The molecule has 2 rings (SSSR count). The van der Waals surface area contributed by atoms with Crippen LogP contribution >= 0.6 is 12.2 Å². The predicted molar refractivity (Wildman–Crippen MR) is 80.8 cm³/mol. The van der Waals surface area contributed by atoms with Crippen molar-refractivity contribution in [2.45, 2.75) is 52.1 Å². The average molecular weight is 269 g/mol. The molecule has 2 aliphatic rings. The maximum absolute atomic E-state index is 5.81. The minimum Gasteiger partial charge on any atom is -0.393 e. The Bertz CT molecular complexity index is 316. The van der Waals surface area contributed by atoms with Crippen LogP contribution in [0.4, 0.5) is 0 Å². The molecule has 0 saturated carbocycles. The van der Waals surface area contributed by atoms with E-state index in [9.17, 15) is 0 Å². The average Bonchev–Trinajstić information content (AvgIpc) is 2.72. The number of fused-ring (bicyclic) bond motifs is 1. The summed E-state index contributed by atoms with van der Waals surface area (Å²) in [6, 6.07) is 1.47. The lowest BCUT2D eigenvalue weighted by Gasteiger charge is -2.43. The van der Waals surface area contributed by atoms with Gasteiger partial charge in [0, 0.05) is 30.6 Å². The smallest absolute Gasteiger partial charge is 0.0784 e. The molecule has 0 aromatic carbocycles. The molecule has 2 saturated heterocycles. The van der Waals surface area contributed by atoms with Gasteiger partial charge >= 0.3 is 0 Å². The van der Waals surface area contributed by atoms with E-state index in [0.717, 1.165) is 19.0 Å². The Kier molecular flexibility index (Phi) is 4.29. The summed E-state index contributed by atoms with van der Waals surface area (Å²) in [5.74, 6) is 0. The SMILES string of the molecule is CC1CN2CCCC2CN1CCC(C)(C)C(N)=S. The van der Waals surface area contributed by atoms with Crippen molar-refractivity contribution in [3.63, 3.8) is 0 Å². The van der Waals surface area contributed by atoms with Gasteiger partial charge in [0.1, 0.15) is 0 Å². The summed E-state index contributed by atoms with van der Waals surface area (Å²) >= 11 is 5.15. The van der Waals surface area contributed by atoms with Crippen LogP contribution in [0.15, 0.2) is 0 Å². The summed E-state index contributed by atoms with van der Waals surface area (Å²) in [6.45, 7) is 11.6. The molecule has 0 spiro atoms. The second-order valence-corrected chi connectivity index (χ2v) is 7.07. The van der Waals surface area contributed by atoms with Gasteiger partial charge in [-0.25, -0.2) is 0 Å². The summed E-state index contributed by atoms with van der Waals surface area (Å²) in [5.41, 5.74) is 5.80. The third-order valence-corrected chi connectivity index (χ3v) is 5.31. The van der Waals surface area contributed by atoms with E-state index in [4.69, 9.17) is 18.0 Å². The minimum absolute atomic E-state index is 0.0120. The van der Waals surface area contributed by atoms with Gasteiger partial charge in [-0.1, -0.05) is 26.1 Å². The maximum Gasteiger partial charge on any atom is 0.0784 e. The number of nitrogens with two attached hydrogens (primary N) is 1. The molecule has 2 unspecified atom stereocenters. The molecule has 0 amide bonds. The lowest BCUT2D eigenvalue weighted by molar-refractivity contribution is 0.0545. The fourth-order valence-electron chi connectivity index (χ4n) is 3.11. The van der Waals surface area contributed by atoms with Crippen molar-refractivity contribution < 1.29 is 0 Å². The van der Waals surface area contributed by atoms with E-state index in [1.54, 1.807) is 0 Å². The molecule has 4 heteroatoms. The van der Waals surface area contributed by atoms with E-state index in [-0.39, 0.29) is 5.41 Å². The number of piperazine rings is 1. The Morgan fingerprint density at radius 1 is 1.39 bits per heavy atom. The Balaban J connectivity index is 1.87. The largest absolute Gasteiger partial charge is 0.393 e. The fourth-order valence-corrected chi connectivity index (χ4v) is 3.21. The van der Waals surface area contributed by atoms with Crippen molar-refractivity contribution in [1.29, 1.82) is 0 Å². The van der Waals surface area contributed by atoms with Gasteiger partial charge in [0.25, 0.3) is 0 Å². The predicted octanol–water partition coefficient (Wildman–Crippen LogP) is 1.86. The molecule has 2 atom stereocenters. The zero-order valence-corrected chi connectivity index (χ0v) is 12.8. The van der Waals surface area contributed by atoms with Crippen LogP contribution in [-0.2, 0) is 0 Å². The molecule has 2 N–H and O–H groups in total. The van der Waals surface area contributed by atoms with Crippen LogP contribution in [0.25, 0.3) is 0 Å². The second-order valence-electron chi connectivity index (χ2n) is 6.63. The van der Waals surface area contributed by atoms with E-state index in [0.29, 0.717) is 11.0 Å². The molecule has 0 radical (unpaired) electrons. The molecule has 2 heterocycles. The Morgan fingerprint density at radius 3 is 2.78 bits per heavy atom. The molecule has 2 fully saturated rings. The first kappa shape index (κ1) is 14.2. The quantitative estimate of drug-likeness (QED) is 0.790. The van der Waals surface area contributed by atoms with Crippen LogP contribution in [0.2, 0.25) is 0 Å². The first-order chi connectivity index (χ1) is 8.40. The van der Waals surface area contributed by atoms with Gasteiger partial charge in [-0.15, -0.1) is 0 Å². The zero-order valence-electron chi connectivity index (χ0n) is 12.0. The van der Waals surface area contributed by atoms with Crippen molar-refractivity contribution in [3.8, 4) is 0 Å². The zero-order chi connectivity index (χ0) is 13.3. The summed E-state index contributed by atoms with van der Waals surface area (Å²) in [4.78, 5) is 5.95. The number of hydrogen-bond donors (Lipinski definition) is 1. The number of hydrogen-bond acceptors (Lipinski definition) is 3. The van der Waals surface area contributed by atoms with Crippen LogP contribution in [-0.4, -0.2) is 53.1 Å². The third kappa shape index (κ3) is 3.03. The van der Waals surface area contributed by atoms with E-state index in [2.05, 4.69) is 30.6 Å². The molecular weight excluding hydrogens is 242 g/mol. The molecule has 104 valence electrons. The highest BCUT2D eigenvalue weighted by Crippen LogP contribution is 2.27. The van der Waals surface area contributed by atoms with Crippen molar-refractivity contribution in [1.82, 2.24) is 9.80 Å². The minimum atomic E-state index is -0.0120. The van der Waals surface area contributed by atoms with E-state index in [1.807, 2.05) is 0 Å². The normalized spacial score (nSPS) is 30.4. The molecular formula is C14H27N3S. The monoisotopic (exact) mass is 269 g/mol. The summed E-state index contributed by atoms with van der Waals surface area (Å²) in [7, 11) is 0. The van der Waals surface area contributed by atoms with Gasteiger partial charge in [-0.05, 0) is 39.3 Å². The first-order valence-corrected chi connectivity index (χ1v) is 7.59. The van der Waals surface area contributed by atoms with E-state index in [1.165, 1.54) is 32.5 Å². The van der Waals surface area contributed by atoms with Crippen LogP contribution in [0.1, 0.15) is 40.0 Å². The maximum atomic E-state index is 5.81. The van der Waals surface area contributed by atoms with Crippen LogP contribution in [0.5, 0.6) is 0 Å². The molecule has 18 heavy (non-hydrogen) atoms. The fraction of sp³-hybridized carbons (Fsp3) is 0.929. The first-order valence-electron chi connectivity index (χ1n) is 7.18. The number of thiocarbonyl (C=S) groups is 1. The second kappa shape index (κ2) is 5.43. The highest BCUT2D eigenvalue weighted by molar-refractivity contribution is 7.80. The van der Waals surface area contributed by atoms with Crippen LogP contribution in [0, 0.1) is 5.41 Å². The number of rotatable bonds is 4. The standard InChI is InChI=1S/C14H27N3S/c1-11-9-17-7-4-5-12(17)10-16(11)8-6-14(2,3)13(15)18/h11-12H,4-10H2,1-3H3,(H2,15,18). The van der Waals surface area contributed by atoms with Crippen molar-refractivity contribution in [2.75, 3.05) is 26.2 Å². The topological polar surface area (TPSA) is 32.5 Å². The lowest BCUT2D eigenvalue weighted by atomic mass is 9.88. The molecule has 0 aromatic heterocycles. The molecule has 3 nitrogen and oxygen atoms in total. The van der Waals surface area contributed by atoms with Crippen molar-refractivity contribution in [3.05, 3.63) is 0 Å². The molecule has 0 aliphatic carbocycles. The van der Waals surface area contributed by atoms with Crippen LogP contribution < -0.4 is 5.73 Å². The Labute approximate surface area is 117 Å². The molecule has 0 bridgehead atoms. The summed E-state index contributed by atoms with van der Waals surface area (Å²) in [6.07, 6.45) is 3.82. The van der Waals surface area contributed by atoms with Crippen LogP contribution in [0.3, 0.4) is 0 Å². The van der Waals surface area contributed by atoms with Gasteiger partial charge in [-0.3, -0.25) is 9.80 Å². The van der Waals surface area contributed by atoms with Gasteiger partial charge in [0.15, 0.2) is 0 Å². The summed E-state index contributed by atoms with van der Waals surface area (Å²) < 4.78 is 0. The van der Waals surface area contributed by atoms with Gasteiger partial charge in [0.05, 0.1) is 4.99 Å². The van der Waals surface area contributed by atoms with Crippen molar-refractivity contribution in [2.24, 2.45) is 11.1 Å². The Hall–Kier alpha value is -0.190. The third-order valence-electron chi connectivity index (χ3n) is 4.76. The molecule has 0 aromatic rings. The van der Waals surface area contributed by atoms with Gasteiger partial charge < -0.3 is 5.73 Å². The lowest BCUT2D eigenvalue weighted by Crippen LogP contribution is -2.55. The van der Waals surface area contributed by atoms with Gasteiger partial charge in [0.2, 0.25) is 0 Å². The van der Waals surface area contributed by atoms with E-state index < -0.39 is 0 Å². The van der Waals surface area contributed by atoms with Crippen molar-refractivity contribution >= 4 is 17.2 Å². The summed E-state index contributed by atoms with van der Waals surface area (Å²) in [5, 5.41) is 0. The number of nitrogens with zero attached hydrogens (tertiary/aromatic N) is 2.